The van der Waals surface area contributed by atoms with Gasteiger partial charge in [-0.3, -0.25) is 10.1 Å². The predicted molar refractivity (Wildman–Crippen MR) is 69.9 cm³/mol. The Balaban J connectivity index is 2.02. The van der Waals surface area contributed by atoms with Crippen LogP contribution in [0.5, 0.6) is 0 Å². The summed E-state index contributed by atoms with van der Waals surface area (Å²) in [4.78, 5) is 8.36. The average molecular weight is 247 g/mol. The second-order valence-electron chi connectivity index (χ2n) is 4.14. The normalized spacial score (nSPS) is 12.2. The van der Waals surface area contributed by atoms with Crippen LogP contribution in [0.2, 0.25) is 0 Å². The molecule has 2 aromatic rings. The second-order valence-corrected chi connectivity index (χ2v) is 4.14. The van der Waals surface area contributed by atoms with Gasteiger partial charge in [0.1, 0.15) is 5.82 Å². The van der Waals surface area contributed by atoms with Gasteiger partial charge in [0.25, 0.3) is 0 Å². The van der Waals surface area contributed by atoms with Gasteiger partial charge in [-0.05, 0) is 19.9 Å². The van der Waals surface area contributed by atoms with Gasteiger partial charge in [-0.1, -0.05) is 0 Å². The van der Waals surface area contributed by atoms with Gasteiger partial charge in [0.15, 0.2) is 0 Å². The van der Waals surface area contributed by atoms with Crippen LogP contribution in [0.4, 0.5) is 11.8 Å². The van der Waals surface area contributed by atoms with Gasteiger partial charge >= 0.3 is 0 Å². The molecule has 4 N–H and O–H groups in total. The Morgan fingerprint density at radius 3 is 2.94 bits per heavy atom. The van der Waals surface area contributed by atoms with E-state index in [1.54, 1.807) is 6.20 Å². The van der Waals surface area contributed by atoms with Gasteiger partial charge in [-0.25, -0.2) is 10.8 Å². The topological polar surface area (TPSA) is 93.7 Å². The Labute approximate surface area is 105 Å². The molecule has 7 heteroatoms. The van der Waals surface area contributed by atoms with E-state index in [2.05, 4.69) is 32.7 Å². The molecule has 0 aliphatic heterocycles. The van der Waals surface area contributed by atoms with E-state index in [9.17, 15) is 0 Å². The number of rotatable bonds is 5. The molecule has 1 unspecified atom stereocenters. The lowest BCUT2D eigenvalue weighted by Crippen LogP contribution is -2.23. The molecule has 0 aliphatic carbocycles. The van der Waals surface area contributed by atoms with Crippen molar-refractivity contribution in [3.8, 4) is 0 Å². The lowest BCUT2D eigenvalue weighted by molar-refractivity contribution is 0.559. The highest BCUT2D eigenvalue weighted by molar-refractivity contribution is 5.42. The van der Waals surface area contributed by atoms with Crippen LogP contribution in [0.15, 0.2) is 24.5 Å². The Bertz CT molecular complexity index is 494. The first-order valence-corrected chi connectivity index (χ1v) is 5.73. The second kappa shape index (κ2) is 5.46. The van der Waals surface area contributed by atoms with Gasteiger partial charge < -0.3 is 5.32 Å². The number of aromatic nitrogens is 4. The van der Waals surface area contributed by atoms with E-state index < -0.39 is 0 Å². The molecule has 0 bridgehead atoms. The van der Waals surface area contributed by atoms with Crippen LogP contribution >= 0.6 is 0 Å². The zero-order chi connectivity index (χ0) is 13.0. The quantitative estimate of drug-likeness (QED) is 0.533. The Hall–Kier alpha value is -2.15. The maximum Gasteiger partial charge on any atom is 0.239 e. The fourth-order valence-electron chi connectivity index (χ4n) is 1.69. The third kappa shape index (κ3) is 3.17. The minimum Gasteiger partial charge on any atom is -0.366 e. The summed E-state index contributed by atoms with van der Waals surface area (Å²) in [5, 5.41) is 7.45. The van der Waals surface area contributed by atoms with E-state index >= 15 is 0 Å². The third-order valence-corrected chi connectivity index (χ3v) is 2.40. The molecule has 0 saturated heterocycles. The molecule has 2 rings (SSSR count). The smallest absolute Gasteiger partial charge is 0.239 e. The molecule has 0 fully saturated rings. The van der Waals surface area contributed by atoms with E-state index in [1.807, 2.05) is 29.9 Å². The fourth-order valence-corrected chi connectivity index (χ4v) is 1.69. The van der Waals surface area contributed by atoms with Crippen LogP contribution in [-0.4, -0.2) is 25.8 Å². The van der Waals surface area contributed by atoms with Crippen molar-refractivity contribution in [2.45, 2.75) is 26.4 Å². The van der Waals surface area contributed by atoms with Crippen LogP contribution < -0.4 is 16.6 Å². The zero-order valence-corrected chi connectivity index (χ0v) is 10.5. The molecule has 2 heterocycles. The summed E-state index contributed by atoms with van der Waals surface area (Å²) >= 11 is 0. The van der Waals surface area contributed by atoms with Crippen LogP contribution in [0.3, 0.4) is 0 Å². The lowest BCUT2D eigenvalue weighted by Gasteiger charge is -2.15. The zero-order valence-electron chi connectivity index (χ0n) is 10.5. The lowest BCUT2D eigenvalue weighted by atomic mass is 10.3. The first-order chi connectivity index (χ1) is 8.67. The van der Waals surface area contributed by atoms with E-state index in [4.69, 9.17) is 5.84 Å². The van der Waals surface area contributed by atoms with Crippen LogP contribution in [-0.2, 0) is 6.54 Å². The molecule has 18 heavy (non-hydrogen) atoms. The number of nitrogens with one attached hydrogen (secondary N) is 2. The molecular weight excluding hydrogens is 230 g/mol. The van der Waals surface area contributed by atoms with Crippen molar-refractivity contribution in [3.05, 3.63) is 30.2 Å². The highest BCUT2D eigenvalue weighted by Crippen LogP contribution is 2.10. The SMILES string of the molecule is Cc1cc(NC(C)Cn2cccn2)nc(NN)n1. The van der Waals surface area contributed by atoms with E-state index in [0.29, 0.717) is 5.95 Å². The molecule has 96 valence electrons. The third-order valence-electron chi connectivity index (χ3n) is 2.40. The summed E-state index contributed by atoms with van der Waals surface area (Å²) < 4.78 is 1.87. The van der Waals surface area contributed by atoms with Gasteiger partial charge in [-0.15, -0.1) is 0 Å². The highest BCUT2D eigenvalue weighted by Gasteiger charge is 2.06. The Morgan fingerprint density at radius 1 is 1.44 bits per heavy atom. The first kappa shape index (κ1) is 12.3. The summed E-state index contributed by atoms with van der Waals surface area (Å²) in [7, 11) is 0. The maximum absolute atomic E-state index is 5.31. The van der Waals surface area contributed by atoms with E-state index in [1.165, 1.54) is 0 Å². The summed E-state index contributed by atoms with van der Waals surface area (Å²) in [5.41, 5.74) is 3.30. The highest BCUT2D eigenvalue weighted by atomic mass is 15.3. The monoisotopic (exact) mass is 247 g/mol. The van der Waals surface area contributed by atoms with Crippen molar-refractivity contribution in [1.29, 1.82) is 0 Å². The average Bonchev–Trinajstić information content (AvgIpc) is 2.80. The Kier molecular flexibility index (Phi) is 3.73. The summed E-state index contributed by atoms with van der Waals surface area (Å²) in [5.74, 6) is 6.46. The van der Waals surface area contributed by atoms with Gasteiger partial charge in [0.2, 0.25) is 5.95 Å². The molecule has 0 radical (unpaired) electrons. The molecule has 1 atom stereocenters. The molecular formula is C11H17N7. The number of hydrogen-bond acceptors (Lipinski definition) is 6. The number of hydrazine groups is 1. The number of aryl methyl sites for hydroxylation is 1. The van der Waals surface area contributed by atoms with E-state index in [-0.39, 0.29) is 6.04 Å². The van der Waals surface area contributed by atoms with Crippen molar-refractivity contribution in [1.82, 2.24) is 19.7 Å². The van der Waals surface area contributed by atoms with Gasteiger partial charge in [0.05, 0.1) is 6.54 Å². The summed E-state index contributed by atoms with van der Waals surface area (Å²) in [6.45, 7) is 4.72. The molecule has 0 saturated carbocycles. The van der Waals surface area contributed by atoms with Gasteiger partial charge in [-0.2, -0.15) is 10.1 Å². The van der Waals surface area contributed by atoms with Crippen molar-refractivity contribution in [2.75, 3.05) is 10.7 Å². The molecule has 0 aromatic carbocycles. The molecule has 0 amide bonds. The van der Waals surface area contributed by atoms with Crippen molar-refractivity contribution < 1.29 is 0 Å². The molecule has 0 spiro atoms. The maximum atomic E-state index is 5.31. The number of nitrogens with two attached hydrogens (primary N) is 1. The summed E-state index contributed by atoms with van der Waals surface area (Å²) in [6, 6.07) is 3.98. The van der Waals surface area contributed by atoms with Crippen molar-refractivity contribution >= 4 is 11.8 Å². The molecule has 2 aromatic heterocycles. The summed E-state index contributed by atoms with van der Waals surface area (Å²) in [6.07, 6.45) is 3.69. The number of anilines is 2. The Morgan fingerprint density at radius 2 is 2.28 bits per heavy atom. The minimum atomic E-state index is 0.199. The van der Waals surface area contributed by atoms with Crippen molar-refractivity contribution in [2.24, 2.45) is 5.84 Å². The van der Waals surface area contributed by atoms with Gasteiger partial charge in [0, 0.05) is 30.2 Å². The van der Waals surface area contributed by atoms with Crippen LogP contribution in [0.1, 0.15) is 12.6 Å². The number of nitrogen functional groups attached to an aromatic ring is 1. The van der Waals surface area contributed by atoms with Crippen LogP contribution in [0.25, 0.3) is 0 Å². The first-order valence-electron chi connectivity index (χ1n) is 5.73. The van der Waals surface area contributed by atoms with E-state index in [0.717, 1.165) is 18.1 Å². The van der Waals surface area contributed by atoms with Crippen LogP contribution in [0, 0.1) is 6.92 Å². The molecule has 7 nitrogen and oxygen atoms in total. The predicted octanol–water partition coefficient (Wildman–Crippen LogP) is 0.768. The number of nitrogens with zero attached hydrogens (tertiary/aromatic N) is 4. The fraction of sp³-hybridized carbons (Fsp3) is 0.364. The number of hydrogen-bond donors (Lipinski definition) is 3. The standard InChI is InChI=1S/C11H17N7/c1-8-6-10(16-11(15-8)17-12)14-9(2)7-18-5-3-4-13-18/h3-6,9H,7,12H2,1-2H3,(H2,14,15,16,17). The minimum absolute atomic E-state index is 0.199. The largest absolute Gasteiger partial charge is 0.366 e. The molecule has 0 aliphatic rings. The van der Waals surface area contributed by atoms with Crippen molar-refractivity contribution in [3.63, 3.8) is 0 Å².